The number of aliphatic carboxylic acids is 1. The topological polar surface area (TPSA) is 63.3 Å². The molecule has 0 aliphatic heterocycles. The van der Waals surface area contributed by atoms with Crippen LogP contribution in [0.15, 0.2) is 40.8 Å². The van der Waals surface area contributed by atoms with Gasteiger partial charge in [0.15, 0.2) is 11.5 Å². The van der Waals surface area contributed by atoms with Gasteiger partial charge in [-0.2, -0.15) is 0 Å². The Morgan fingerprint density at radius 1 is 1.41 bits per heavy atom. The predicted octanol–water partition coefficient (Wildman–Crippen LogP) is 2.79. The third kappa shape index (κ3) is 2.81. The van der Waals surface area contributed by atoms with Gasteiger partial charge in [0.25, 0.3) is 0 Å². The molecule has 1 aromatic carbocycles. The summed E-state index contributed by atoms with van der Waals surface area (Å²) in [4.78, 5) is 14.5. The molecule has 86 valence electrons. The quantitative estimate of drug-likeness (QED) is 0.649. The number of allylic oxidation sites excluding steroid dienone is 2. The van der Waals surface area contributed by atoms with Crippen LogP contribution >= 0.6 is 0 Å². The van der Waals surface area contributed by atoms with Gasteiger partial charge in [0.2, 0.25) is 0 Å². The molecule has 0 spiro atoms. The number of carbonyl (C=O) groups is 1. The third-order valence-electron chi connectivity index (χ3n) is 2.16. The van der Waals surface area contributed by atoms with E-state index in [2.05, 4.69) is 4.98 Å². The number of carboxylic acid groups (broad SMARTS) is 1. The van der Waals surface area contributed by atoms with E-state index in [0.717, 1.165) is 22.7 Å². The summed E-state index contributed by atoms with van der Waals surface area (Å²) in [6.07, 6.45) is 6.03. The van der Waals surface area contributed by atoms with Crippen LogP contribution in [0.2, 0.25) is 0 Å². The number of rotatable bonds is 3. The van der Waals surface area contributed by atoms with Crippen molar-refractivity contribution in [3.8, 4) is 0 Å². The summed E-state index contributed by atoms with van der Waals surface area (Å²) in [7, 11) is 0. The van der Waals surface area contributed by atoms with Crippen LogP contribution in [0.4, 0.5) is 0 Å². The van der Waals surface area contributed by atoms with Gasteiger partial charge < -0.3 is 9.52 Å². The summed E-state index contributed by atoms with van der Waals surface area (Å²) in [5.74, 6) is -0.330. The van der Waals surface area contributed by atoms with E-state index in [1.807, 2.05) is 24.3 Å². The molecule has 4 nitrogen and oxygen atoms in total. The van der Waals surface area contributed by atoms with Gasteiger partial charge in [0.05, 0.1) is 0 Å². The van der Waals surface area contributed by atoms with E-state index in [1.165, 1.54) is 6.08 Å². The molecule has 0 aliphatic rings. The van der Waals surface area contributed by atoms with E-state index in [-0.39, 0.29) is 0 Å². The maximum absolute atomic E-state index is 10.2. The maximum atomic E-state index is 10.2. The van der Waals surface area contributed by atoms with E-state index >= 15 is 0 Å². The number of fused-ring (bicyclic) bond motifs is 1. The first-order valence-electron chi connectivity index (χ1n) is 5.10. The number of hydrogen-bond acceptors (Lipinski definition) is 3. The van der Waals surface area contributed by atoms with Crippen molar-refractivity contribution in [2.75, 3.05) is 0 Å². The standard InChI is InChI=1S/C13H11NO3/c1-9-14-11-8-10(6-7-12(11)17-9)4-2-3-5-13(15)16/h2-8H,1H3,(H,15,16)/b4-2+,5-3+. The van der Waals surface area contributed by atoms with Crippen LogP contribution in [0.25, 0.3) is 17.2 Å². The molecule has 0 unspecified atom stereocenters. The number of benzene rings is 1. The Balaban J connectivity index is 2.21. The zero-order valence-corrected chi connectivity index (χ0v) is 9.25. The van der Waals surface area contributed by atoms with Crippen molar-refractivity contribution in [3.05, 3.63) is 47.9 Å². The van der Waals surface area contributed by atoms with Crippen molar-refractivity contribution in [1.29, 1.82) is 0 Å². The Hall–Kier alpha value is -2.36. The number of carboxylic acids is 1. The van der Waals surface area contributed by atoms with Crippen LogP contribution in [-0.4, -0.2) is 16.1 Å². The van der Waals surface area contributed by atoms with Gasteiger partial charge in [0, 0.05) is 13.0 Å². The molecule has 1 aromatic heterocycles. The second-order valence-electron chi connectivity index (χ2n) is 3.52. The Morgan fingerprint density at radius 2 is 2.24 bits per heavy atom. The number of hydrogen-bond donors (Lipinski definition) is 1. The van der Waals surface area contributed by atoms with Crippen molar-refractivity contribution in [1.82, 2.24) is 4.98 Å². The first kappa shape index (κ1) is 11.1. The summed E-state index contributed by atoms with van der Waals surface area (Å²) in [6, 6.07) is 5.62. The van der Waals surface area contributed by atoms with Crippen molar-refractivity contribution < 1.29 is 14.3 Å². The van der Waals surface area contributed by atoms with Crippen molar-refractivity contribution in [2.45, 2.75) is 6.92 Å². The lowest BCUT2D eigenvalue weighted by Crippen LogP contribution is -1.84. The molecule has 0 radical (unpaired) electrons. The fourth-order valence-corrected chi connectivity index (χ4v) is 1.47. The smallest absolute Gasteiger partial charge is 0.328 e. The van der Waals surface area contributed by atoms with Crippen molar-refractivity contribution >= 4 is 23.1 Å². The van der Waals surface area contributed by atoms with Crippen LogP contribution in [0.5, 0.6) is 0 Å². The monoisotopic (exact) mass is 229 g/mol. The summed E-state index contributed by atoms with van der Waals surface area (Å²) in [5.41, 5.74) is 2.49. The second-order valence-corrected chi connectivity index (χ2v) is 3.52. The fraction of sp³-hybridized carbons (Fsp3) is 0.0769. The van der Waals surface area contributed by atoms with Gasteiger partial charge in [-0.15, -0.1) is 0 Å². The zero-order chi connectivity index (χ0) is 12.3. The highest BCUT2D eigenvalue weighted by Crippen LogP contribution is 2.17. The number of oxazole rings is 1. The summed E-state index contributed by atoms with van der Waals surface area (Å²) in [5, 5.41) is 8.41. The highest BCUT2D eigenvalue weighted by atomic mass is 16.4. The normalized spacial score (nSPS) is 11.8. The molecule has 0 aliphatic carbocycles. The first-order chi connectivity index (χ1) is 8.15. The van der Waals surface area contributed by atoms with E-state index in [1.54, 1.807) is 13.0 Å². The van der Waals surface area contributed by atoms with Crippen LogP contribution < -0.4 is 0 Å². The lowest BCUT2D eigenvalue weighted by molar-refractivity contribution is -0.131. The Kier molecular flexibility index (Phi) is 3.05. The molecule has 17 heavy (non-hydrogen) atoms. The van der Waals surface area contributed by atoms with E-state index in [9.17, 15) is 4.79 Å². The average molecular weight is 229 g/mol. The summed E-state index contributed by atoms with van der Waals surface area (Å²) < 4.78 is 5.35. The minimum absolute atomic E-state index is 0.631. The third-order valence-corrected chi connectivity index (χ3v) is 2.16. The molecule has 1 heterocycles. The molecule has 0 saturated heterocycles. The van der Waals surface area contributed by atoms with Crippen LogP contribution in [-0.2, 0) is 4.79 Å². The zero-order valence-electron chi connectivity index (χ0n) is 9.25. The maximum Gasteiger partial charge on any atom is 0.328 e. The van der Waals surface area contributed by atoms with Crippen LogP contribution in [0.1, 0.15) is 11.5 Å². The molecule has 0 saturated carbocycles. The minimum Gasteiger partial charge on any atom is -0.478 e. The molecular weight excluding hydrogens is 218 g/mol. The molecule has 0 fully saturated rings. The molecule has 0 bridgehead atoms. The lowest BCUT2D eigenvalue weighted by atomic mass is 10.2. The fourth-order valence-electron chi connectivity index (χ4n) is 1.47. The van der Waals surface area contributed by atoms with Crippen LogP contribution in [0.3, 0.4) is 0 Å². The highest BCUT2D eigenvalue weighted by Gasteiger charge is 2.00. The van der Waals surface area contributed by atoms with Crippen molar-refractivity contribution in [3.63, 3.8) is 0 Å². The molecule has 0 amide bonds. The predicted molar refractivity (Wildman–Crippen MR) is 64.6 cm³/mol. The summed E-state index contributed by atoms with van der Waals surface area (Å²) >= 11 is 0. The van der Waals surface area contributed by atoms with E-state index in [0.29, 0.717) is 5.89 Å². The Bertz CT molecular complexity index is 608. The van der Waals surface area contributed by atoms with E-state index < -0.39 is 5.97 Å². The molecule has 2 rings (SSSR count). The largest absolute Gasteiger partial charge is 0.478 e. The number of aromatic nitrogens is 1. The van der Waals surface area contributed by atoms with Gasteiger partial charge in [-0.3, -0.25) is 0 Å². The molecule has 2 aromatic rings. The SMILES string of the molecule is Cc1nc2cc(/C=C/C=C/C(=O)O)ccc2o1. The molecule has 4 heteroatoms. The van der Waals surface area contributed by atoms with Crippen LogP contribution in [0, 0.1) is 6.92 Å². The molecule has 0 atom stereocenters. The van der Waals surface area contributed by atoms with Gasteiger partial charge in [-0.1, -0.05) is 24.3 Å². The first-order valence-corrected chi connectivity index (χ1v) is 5.10. The minimum atomic E-state index is -0.961. The molecular formula is C13H11NO3. The Labute approximate surface area is 97.9 Å². The van der Waals surface area contributed by atoms with Gasteiger partial charge in [-0.05, 0) is 17.7 Å². The molecule has 1 N–H and O–H groups in total. The van der Waals surface area contributed by atoms with E-state index in [4.69, 9.17) is 9.52 Å². The average Bonchev–Trinajstić information content (AvgIpc) is 2.63. The Morgan fingerprint density at radius 3 is 3.00 bits per heavy atom. The number of nitrogens with zero attached hydrogens (tertiary/aromatic N) is 1. The van der Waals surface area contributed by atoms with Gasteiger partial charge >= 0.3 is 5.97 Å². The van der Waals surface area contributed by atoms with Gasteiger partial charge in [0.1, 0.15) is 5.52 Å². The highest BCUT2D eigenvalue weighted by molar-refractivity contribution is 5.80. The lowest BCUT2D eigenvalue weighted by Gasteiger charge is -1.90. The summed E-state index contributed by atoms with van der Waals surface area (Å²) in [6.45, 7) is 1.80. The van der Waals surface area contributed by atoms with Gasteiger partial charge in [-0.25, -0.2) is 9.78 Å². The second kappa shape index (κ2) is 4.65. The number of aryl methyl sites for hydroxylation is 1. The van der Waals surface area contributed by atoms with Crippen molar-refractivity contribution in [2.24, 2.45) is 0 Å².